The van der Waals surface area contributed by atoms with Crippen molar-refractivity contribution in [1.29, 1.82) is 0 Å². The standard InChI is InChI=1S/C11H16O5S/c1-10-2-4-11(5-3-10)17(13,14)16-9-8-15-7-6-12/h2-5,12H,6-9H2,1H3. The van der Waals surface area contributed by atoms with Crippen LogP contribution in [0.3, 0.4) is 0 Å². The molecule has 0 aliphatic heterocycles. The lowest BCUT2D eigenvalue weighted by atomic mass is 10.2. The summed E-state index contributed by atoms with van der Waals surface area (Å²) >= 11 is 0. The quantitative estimate of drug-likeness (QED) is 0.577. The van der Waals surface area contributed by atoms with E-state index in [9.17, 15) is 8.42 Å². The van der Waals surface area contributed by atoms with Gasteiger partial charge in [0.2, 0.25) is 0 Å². The van der Waals surface area contributed by atoms with Crippen LogP contribution in [0.2, 0.25) is 0 Å². The first kappa shape index (κ1) is 14.1. The van der Waals surface area contributed by atoms with E-state index in [1.165, 1.54) is 12.1 Å². The summed E-state index contributed by atoms with van der Waals surface area (Å²) in [6.45, 7) is 2.03. The molecule has 1 aromatic carbocycles. The third-order valence-corrected chi connectivity index (χ3v) is 3.34. The minimum absolute atomic E-state index is 0.0593. The lowest BCUT2D eigenvalue weighted by Gasteiger charge is -2.06. The lowest BCUT2D eigenvalue weighted by Crippen LogP contribution is -2.12. The molecule has 1 aromatic rings. The van der Waals surface area contributed by atoms with E-state index in [2.05, 4.69) is 0 Å². The SMILES string of the molecule is Cc1ccc(S(=O)(=O)OCCOCCO)cc1. The van der Waals surface area contributed by atoms with E-state index in [1.54, 1.807) is 12.1 Å². The molecule has 0 aliphatic carbocycles. The predicted molar refractivity (Wildman–Crippen MR) is 62.2 cm³/mol. The van der Waals surface area contributed by atoms with Gasteiger partial charge in [-0.3, -0.25) is 4.18 Å². The van der Waals surface area contributed by atoms with Crippen molar-refractivity contribution >= 4 is 10.1 Å². The Morgan fingerprint density at radius 1 is 1.12 bits per heavy atom. The fourth-order valence-corrected chi connectivity index (χ4v) is 2.04. The Morgan fingerprint density at radius 3 is 2.35 bits per heavy atom. The minimum Gasteiger partial charge on any atom is -0.394 e. The molecule has 0 saturated carbocycles. The summed E-state index contributed by atoms with van der Waals surface area (Å²) in [6, 6.07) is 6.41. The highest BCUT2D eigenvalue weighted by Crippen LogP contribution is 2.12. The van der Waals surface area contributed by atoms with E-state index in [-0.39, 0.29) is 31.3 Å². The Bertz CT molecular complexity index is 424. The van der Waals surface area contributed by atoms with Crippen molar-refractivity contribution in [3.05, 3.63) is 29.8 Å². The van der Waals surface area contributed by atoms with Crippen LogP contribution >= 0.6 is 0 Å². The van der Waals surface area contributed by atoms with Gasteiger partial charge in [-0.2, -0.15) is 8.42 Å². The first-order chi connectivity index (χ1) is 8.06. The molecular formula is C11H16O5S. The molecule has 0 saturated heterocycles. The normalized spacial score (nSPS) is 11.6. The topological polar surface area (TPSA) is 72.8 Å². The second-order valence-corrected chi connectivity index (χ2v) is 5.04. The lowest BCUT2D eigenvalue weighted by molar-refractivity contribution is 0.0719. The molecule has 0 heterocycles. The number of aliphatic hydroxyl groups excluding tert-OH is 1. The van der Waals surface area contributed by atoms with E-state index in [0.717, 1.165) is 5.56 Å². The van der Waals surface area contributed by atoms with Gasteiger partial charge in [0, 0.05) is 0 Å². The molecule has 0 radical (unpaired) electrons. The summed E-state index contributed by atoms with van der Waals surface area (Å²) in [5.41, 5.74) is 0.982. The number of rotatable bonds is 7. The molecule has 0 atom stereocenters. The summed E-state index contributed by atoms with van der Waals surface area (Å²) in [6.07, 6.45) is 0. The van der Waals surface area contributed by atoms with Crippen molar-refractivity contribution < 1.29 is 22.4 Å². The highest BCUT2D eigenvalue weighted by Gasteiger charge is 2.14. The van der Waals surface area contributed by atoms with Crippen molar-refractivity contribution in [2.75, 3.05) is 26.4 Å². The van der Waals surface area contributed by atoms with Crippen molar-refractivity contribution in [2.24, 2.45) is 0 Å². The third-order valence-electron chi connectivity index (χ3n) is 2.01. The zero-order chi connectivity index (χ0) is 12.7. The largest absolute Gasteiger partial charge is 0.394 e. The average Bonchev–Trinajstić information content (AvgIpc) is 2.29. The highest BCUT2D eigenvalue weighted by atomic mass is 32.2. The van der Waals surface area contributed by atoms with Crippen LogP contribution in [0.5, 0.6) is 0 Å². The van der Waals surface area contributed by atoms with Gasteiger partial charge >= 0.3 is 0 Å². The maximum atomic E-state index is 11.6. The van der Waals surface area contributed by atoms with Gasteiger partial charge in [-0.1, -0.05) is 17.7 Å². The fourth-order valence-electron chi connectivity index (χ4n) is 1.14. The summed E-state index contributed by atoms with van der Waals surface area (Å²) < 4.78 is 33.0. The number of ether oxygens (including phenoxy) is 1. The molecular weight excluding hydrogens is 244 g/mol. The van der Waals surface area contributed by atoms with E-state index in [4.69, 9.17) is 14.0 Å². The smallest absolute Gasteiger partial charge is 0.297 e. The van der Waals surface area contributed by atoms with Crippen molar-refractivity contribution in [1.82, 2.24) is 0 Å². The monoisotopic (exact) mass is 260 g/mol. The summed E-state index contributed by atoms with van der Waals surface area (Å²) in [4.78, 5) is 0.130. The van der Waals surface area contributed by atoms with Gasteiger partial charge in [0.05, 0.1) is 31.3 Å². The molecule has 6 heteroatoms. The first-order valence-corrected chi connectivity index (χ1v) is 6.62. The first-order valence-electron chi connectivity index (χ1n) is 5.21. The van der Waals surface area contributed by atoms with E-state index in [0.29, 0.717) is 0 Å². The van der Waals surface area contributed by atoms with Crippen molar-refractivity contribution in [3.63, 3.8) is 0 Å². The Balaban J connectivity index is 2.48. The number of benzene rings is 1. The zero-order valence-electron chi connectivity index (χ0n) is 9.63. The fraction of sp³-hybridized carbons (Fsp3) is 0.455. The van der Waals surface area contributed by atoms with Gasteiger partial charge in [0.15, 0.2) is 0 Å². The van der Waals surface area contributed by atoms with Crippen LogP contribution in [0.25, 0.3) is 0 Å². The van der Waals surface area contributed by atoms with Crippen LogP contribution in [0.15, 0.2) is 29.2 Å². The molecule has 1 N–H and O–H groups in total. The molecule has 0 aliphatic rings. The van der Waals surface area contributed by atoms with Crippen LogP contribution < -0.4 is 0 Å². The molecule has 0 spiro atoms. The maximum absolute atomic E-state index is 11.6. The van der Waals surface area contributed by atoms with Crippen molar-refractivity contribution in [2.45, 2.75) is 11.8 Å². The Morgan fingerprint density at radius 2 is 1.76 bits per heavy atom. The van der Waals surface area contributed by atoms with Crippen LogP contribution in [0.4, 0.5) is 0 Å². The number of aliphatic hydroxyl groups is 1. The number of hydrogen-bond acceptors (Lipinski definition) is 5. The summed E-state index contributed by atoms with van der Waals surface area (Å²) in [5, 5.41) is 8.45. The maximum Gasteiger partial charge on any atom is 0.297 e. The van der Waals surface area contributed by atoms with E-state index >= 15 is 0 Å². The number of aryl methyl sites for hydroxylation is 1. The van der Waals surface area contributed by atoms with Crippen molar-refractivity contribution in [3.8, 4) is 0 Å². The van der Waals surface area contributed by atoms with Gasteiger partial charge in [-0.15, -0.1) is 0 Å². The van der Waals surface area contributed by atoms with Gasteiger partial charge in [-0.05, 0) is 19.1 Å². The van der Waals surface area contributed by atoms with Gasteiger partial charge in [0.25, 0.3) is 10.1 Å². The molecule has 96 valence electrons. The molecule has 17 heavy (non-hydrogen) atoms. The second-order valence-electron chi connectivity index (χ2n) is 3.43. The molecule has 0 amide bonds. The average molecular weight is 260 g/mol. The third kappa shape index (κ3) is 4.82. The molecule has 1 rings (SSSR count). The van der Waals surface area contributed by atoms with E-state index < -0.39 is 10.1 Å². The van der Waals surface area contributed by atoms with Gasteiger partial charge in [-0.25, -0.2) is 0 Å². The zero-order valence-corrected chi connectivity index (χ0v) is 10.4. The summed E-state index contributed by atoms with van der Waals surface area (Å²) in [5.74, 6) is 0. The number of hydrogen-bond donors (Lipinski definition) is 1. The van der Waals surface area contributed by atoms with Gasteiger partial charge < -0.3 is 9.84 Å². The molecule has 0 unspecified atom stereocenters. The molecule has 0 bridgehead atoms. The Labute approximate surface area is 101 Å². The highest BCUT2D eigenvalue weighted by molar-refractivity contribution is 7.86. The Hall–Kier alpha value is -0.950. The molecule has 0 aromatic heterocycles. The molecule has 0 fully saturated rings. The van der Waals surface area contributed by atoms with Crippen LogP contribution in [-0.2, 0) is 19.0 Å². The summed E-state index contributed by atoms with van der Waals surface area (Å²) in [7, 11) is -3.71. The van der Waals surface area contributed by atoms with Gasteiger partial charge in [0.1, 0.15) is 0 Å². The molecule has 5 nitrogen and oxygen atoms in total. The van der Waals surface area contributed by atoms with E-state index in [1.807, 2.05) is 6.92 Å². The second kappa shape index (κ2) is 6.70. The van der Waals surface area contributed by atoms with Crippen LogP contribution in [0, 0.1) is 6.92 Å². The van der Waals surface area contributed by atoms with Crippen LogP contribution in [0.1, 0.15) is 5.56 Å². The van der Waals surface area contributed by atoms with Crippen LogP contribution in [-0.4, -0.2) is 40.0 Å². The Kier molecular flexibility index (Phi) is 5.57. The predicted octanol–water partition coefficient (Wildman–Crippen LogP) is 0.709. The minimum atomic E-state index is -3.71.